The minimum absolute atomic E-state index is 0.125. The van der Waals surface area contributed by atoms with Crippen LogP contribution in [0.4, 0.5) is 22.2 Å². The normalized spacial score (nSPS) is 14.7. The Kier molecular flexibility index (Phi) is 6.03. The van der Waals surface area contributed by atoms with E-state index < -0.39 is 17.5 Å². The maximum Gasteiger partial charge on any atom is 0.405 e. The monoisotopic (exact) mass is 448 g/mol. The number of carbonyl (C=O) groups excluding carboxylic acids is 1. The third-order valence-corrected chi connectivity index (χ3v) is 5.53. The highest BCUT2D eigenvalue weighted by atomic mass is 16.4. The summed E-state index contributed by atoms with van der Waals surface area (Å²) in [5, 5.41) is 18.1. The van der Waals surface area contributed by atoms with Crippen molar-refractivity contribution in [1.82, 2.24) is 25.3 Å². The number of carbonyl (C=O) groups is 2. The van der Waals surface area contributed by atoms with Crippen LogP contribution >= 0.6 is 0 Å². The van der Waals surface area contributed by atoms with E-state index in [0.29, 0.717) is 17.9 Å². The number of rotatable bonds is 9. The number of nitrogens with one attached hydrogen (secondary N) is 3. The van der Waals surface area contributed by atoms with Crippen LogP contribution in [-0.2, 0) is 0 Å². The molecule has 1 unspecified atom stereocenters. The molecule has 1 aromatic carbocycles. The topological polar surface area (TPSA) is 168 Å². The molecule has 1 aliphatic carbocycles. The largest absolute Gasteiger partial charge is 0.465 e. The molecule has 0 radical (unpaired) electrons. The number of amides is 2. The molecule has 11 heteroatoms. The van der Waals surface area contributed by atoms with Gasteiger partial charge >= 0.3 is 6.09 Å². The van der Waals surface area contributed by atoms with E-state index in [2.05, 4.69) is 35.9 Å². The summed E-state index contributed by atoms with van der Waals surface area (Å²) < 4.78 is 0. The van der Waals surface area contributed by atoms with Crippen LogP contribution in [0.15, 0.2) is 48.9 Å². The molecule has 0 spiro atoms. The first-order chi connectivity index (χ1) is 15.9. The number of aromatic nitrogens is 4. The SMILES string of the molecule is CCC(Nc1ncc(C(N)=O)c(Nc2cccc(-c3ncccn3)c2)n1)C1(NC(=O)O)CC1. The van der Waals surface area contributed by atoms with E-state index in [9.17, 15) is 9.59 Å². The summed E-state index contributed by atoms with van der Waals surface area (Å²) in [5.74, 6) is 0.380. The molecule has 0 saturated heterocycles. The Morgan fingerprint density at radius 1 is 1.18 bits per heavy atom. The van der Waals surface area contributed by atoms with Gasteiger partial charge in [-0.15, -0.1) is 0 Å². The summed E-state index contributed by atoms with van der Waals surface area (Å²) in [6.45, 7) is 1.95. The Balaban J connectivity index is 1.60. The van der Waals surface area contributed by atoms with Crippen molar-refractivity contribution in [1.29, 1.82) is 0 Å². The van der Waals surface area contributed by atoms with Gasteiger partial charge in [0.2, 0.25) is 5.95 Å². The van der Waals surface area contributed by atoms with Crippen molar-refractivity contribution in [3.05, 3.63) is 54.5 Å². The quantitative estimate of drug-likeness (QED) is 0.330. The van der Waals surface area contributed by atoms with Gasteiger partial charge in [-0.2, -0.15) is 4.98 Å². The number of hydrogen-bond donors (Lipinski definition) is 5. The van der Waals surface area contributed by atoms with Gasteiger partial charge in [-0.1, -0.05) is 19.1 Å². The fourth-order valence-corrected chi connectivity index (χ4v) is 3.74. The second kappa shape index (κ2) is 9.07. The van der Waals surface area contributed by atoms with Crippen molar-refractivity contribution < 1.29 is 14.7 Å². The van der Waals surface area contributed by atoms with Gasteiger partial charge in [-0.05, 0) is 37.5 Å². The Bertz CT molecular complexity index is 1170. The van der Waals surface area contributed by atoms with Crippen LogP contribution in [0.25, 0.3) is 11.4 Å². The third kappa shape index (κ3) is 4.97. The lowest BCUT2D eigenvalue weighted by Gasteiger charge is -2.27. The summed E-state index contributed by atoms with van der Waals surface area (Å²) in [4.78, 5) is 40.3. The average Bonchev–Trinajstić information content (AvgIpc) is 3.57. The average molecular weight is 448 g/mol. The molecule has 2 aromatic heterocycles. The lowest BCUT2D eigenvalue weighted by atomic mass is 10.0. The molecule has 1 aliphatic rings. The zero-order valence-electron chi connectivity index (χ0n) is 17.9. The van der Waals surface area contributed by atoms with Gasteiger partial charge < -0.3 is 26.8 Å². The summed E-state index contributed by atoms with van der Waals surface area (Å²) in [6.07, 6.45) is 5.71. The van der Waals surface area contributed by atoms with Gasteiger partial charge in [0.1, 0.15) is 11.4 Å². The molecule has 1 fully saturated rings. The van der Waals surface area contributed by atoms with Crippen LogP contribution in [0.3, 0.4) is 0 Å². The predicted octanol–water partition coefficient (Wildman–Crippen LogP) is 2.77. The van der Waals surface area contributed by atoms with Gasteiger partial charge in [0, 0.05) is 29.8 Å². The van der Waals surface area contributed by atoms with Crippen LogP contribution in [0.2, 0.25) is 0 Å². The lowest BCUT2D eigenvalue weighted by Crippen LogP contribution is -2.48. The number of nitrogens with two attached hydrogens (primary N) is 1. The number of benzene rings is 1. The number of nitrogens with zero attached hydrogens (tertiary/aromatic N) is 4. The molecular formula is C22H24N8O3. The lowest BCUT2D eigenvalue weighted by molar-refractivity contribution is 0.100. The molecule has 1 saturated carbocycles. The molecule has 6 N–H and O–H groups in total. The van der Waals surface area contributed by atoms with E-state index in [1.807, 2.05) is 31.2 Å². The molecule has 2 heterocycles. The Morgan fingerprint density at radius 2 is 1.94 bits per heavy atom. The fraction of sp³-hybridized carbons (Fsp3) is 0.273. The molecule has 3 aromatic rings. The van der Waals surface area contributed by atoms with E-state index in [0.717, 1.165) is 18.4 Å². The summed E-state index contributed by atoms with van der Waals surface area (Å²) in [6, 6.07) is 8.89. The second-order valence-corrected chi connectivity index (χ2v) is 7.79. The summed E-state index contributed by atoms with van der Waals surface area (Å²) in [5.41, 5.74) is 6.54. The Morgan fingerprint density at radius 3 is 2.58 bits per heavy atom. The third-order valence-electron chi connectivity index (χ3n) is 5.53. The highest BCUT2D eigenvalue weighted by Crippen LogP contribution is 2.41. The standard InChI is InChI=1S/C22H24N8O3/c1-2-16(22(7-8-22)30-21(32)33)28-20-26-12-15(17(23)31)19(29-20)27-14-6-3-5-13(11-14)18-24-9-4-10-25-18/h3-6,9-12,16,30H,2,7-8H2,1H3,(H2,23,31)(H,32,33)(H2,26,27,28,29). The molecule has 0 bridgehead atoms. The van der Waals surface area contributed by atoms with Crippen molar-refractivity contribution in [3.63, 3.8) is 0 Å². The number of hydrogen-bond acceptors (Lipinski definition) is 8. The predicted molar refractivity (Wildman–Crippen MR) is 122 cm³/mol. The van der Waals surface area contributed by atoms with Crippen LogP contribution in [0.5, 0.6) is 0 Å². The van der Waals surface area contributed by atoms with E-state index in [4.69, 9.17) is 10.8 Å². The zero-order valence-corrected chi connectivity index (χ0v) is 17.9. The van der Waals surface area contributed by atoms with Gasteiger partial charge in [-0.25, -0.2) is 19.7 Å². The van der Waals surface area contributed by atoms with E-state index in [1.165, 1.54) is 6.20 Å². The minimum atomic E-state index is -1.07. The molecular weight excluding hydrogens is 424 g/mol. The highest BCUT2D eigenvalue weighted by molar-refractivity contribution is 5.98. The highest BCUT2D eigenvalue weighted by Gasteiger charge is 2.50. The Hall–Kier alpha value is -4.28. The first-order valence-corrected chi connectivity index (χ1v) is 10.5. The van der Waals surface area contributed by atoms with Crippen molar-refractivity contribution >= 4 is 29.5 Å². The van der Waals surface area contributed by atoms with E-state index in [1.54, 1.807) is 18.5 Å². The van der Waals surface area contributed by atoms with Gasteiger partial charge in [0.15, 0.2) is 5.82 Å². The van der Waals surface area contributed by atoms with Gasteiger partial charge in [-0.3, -0.25) is 4.79 Å². The smallest absolute Gasteiger partial charge is 0.405 e. The van der Waals surface area contributed by atoms with Gasteiger partial charge in [0.05, 0.1) is 11.6 Å². The molecule has 170 valence electrons. The number of anilines is 3. The van der Waals surface area contributed by atoms with Crippen molar-refractivity contribution in [3.8, 4) is 11.4 Å². The molecule has 33 heavy (non-hydrogen) atoms. The summed E-state index contributed by atoms with van der Waals surface area (Å²) >= 11 is 0. The number of primary amides is 1. The molecule has 11 nitrogen and oxygen atoms in total. The molecule has 1 atom stereocenters. The number of carboxylic acid groups (broad SMARTS) is 1. The van der Waals surface area contributed by atoms with E-state index >= 15 is 0 Å². The molecule has 4 rings (SSSR count). The molecule has 0 aliphatic heterocycles. The van der Waals surface area contributed by atoms with Crippen molar-refractivity contribution in [2.45, 2.75) is 37.8 Å². The molecule has 2 amide bonds. The zero-order chi connectivity index (χ0) is 23.4. The summed E-state index contributed by atoms with van der Waals surface area (Å²) in [7, 11) is 0. The van der Waals surface area contributed by atoms with Crippen LogP contribution < -0.4 is 21.7 Å². The second-order valence-electron chi connectivity index (χ2n) is 7.79. The van der Waals surface area contributed by atoms with E-state index in [-0.39, 0.29) is 23.4 Å². The van der Waals surface area contributed by atoms with Crippen molar-refractivity contribution in [2.75, 3.05) is 10.6 Å². The fourth-order valence-electron chi connectivity index (χ4n) is 3.74. The first kappa shape index (κ1) is 21.9. The minimum Gasteiger partial charge on any atom is -0.465 e. The first-order valence-electron chi connectivity index (χ1n) is 10.5. The van der Waals surface area contributed by atoms with Crippen LogP contribution in [0, 0.1) is 0 Å². The van der Waals surface area contributed by atoms with Crippen LogP contribution in [-0.4, -0.2) is 48.6 Å². The van der Waals surface area contributed by atoms with Crippen LogP contribution in [0.1, 0.15) is 36.5 Å². The maximum absolute atomic E-state index is 12.0. The van der Waals surface area contributed by atoms with Gasteiger partial charge in [0.25, 0.3) is 5.91 Å². The maximum atomic E-state index is 12.0. The van der Waals surface area contributed by atoms with Crippen molar-refractivity contribution in [2.24, 2.45) is 5.73 Å². The Labute approximate surface area is 189 Å².